The minimum atomic E-state index is 0.0795. The molecule has 29 heavy (non-hydrogen) atoms. The van der Waals surface area contributed by atoms with Gasteiger partial charge in [0.25, 0.3) is 0 Å². The fourth-order valence-corrected chi connectivity index (χ4v) is 3.58. The smallest absolute Gasteiger partial charge is 0.0713 e. The Labute approximate surface area is 171 Å². The van der Waals surface area contributed by atoms with E-state index >= 15 is 0 Å². The molecule has 0 saturated heterocycles. The summed E-state index contributed by atoms with van der Waals surface area (Å²) < 4.78 is 7.48. The van der Waals surface area contributed by atoms with E-state index in [0.29, 0.717) is 6.61 Å². The molecular formula is C25H26N2O2. The molecule has 3 aromatic carbocycles. The van der Waals surface area contributed by atoms with E-state index in [0.717, 1.165) is 24.3 Å². The second-order valence-corrected chi connectivity index (χ2v) is 7.30. The van der Waals surface area contributed by atoms with Gasteiger partial charge in [-0.05, 0) is 45.8 Å². The summed E-state index contributed by atoms with van der Waals surface area (Å²) in [6.45, 7) is 2.28. The van der Waals surface area contributed by atoms with E-state index in [1.54, 1.807) is 7.11 Å². The number of ether oxygens (including phenoxy) is 1. The standard InChI is InChI=1S/C25H26N2O2/c1-29-18-22-4-2-3-21(13-22)15-26-24-10-9-23-11-12-27(25(23)14-24)16-19-5-7-20(17-28)8-6-19/h2-14,26,28H,15-18H2,1H3. The van der Waals surface area contributed by atoms with Crippen LogP contribution >= 0.6 is 0 Å². The molecular weight excluding hydrogens is 360 g/mol. The lowest BCUT2D eigenvalue weighted by atomic mass is 10.1. The Morgan fingerprint density at radius 2 is 1.66 bits per heavy atom. The van der Waals surface area contributed by atoms with E-state index in [1.165, 1.54) is 27.6 Å². The Kier molecular flexibility index (Phi) is 5.94. The maximum atomic E-state index is 9.21. The van der Waals surface area contributed by atoms with Crippen LogP contribution in [0.3, 0.4) is 0 Å². The molecule has 4 aromatic rings. The van der Waals surface area contributed by atoms with Gasteiger partial charge in [-0.1, -0.05) is 54.6 Å². The van der Waals surface area contributed by atoms with Crippen LogP contribution in [0.15, 0.2) is 79.0 Å². The van der Waals surface area contributed by atoms with E-state index in [9.17, 15) is 5.11 Å². The summed E-state index contributed by atoms with van der Waals surface area (Å²) in [5.74, 6) is 0. The highest BCUT2D eigenvalue weighted by Crippen LogP contribution is 2.22. The third kappa shape index (κ3) is 4.67. The minimum Gasteiger partial charge on any atom is -0.392 e. The van der Waals surface area contributed by atoms with Crippen molar-refractivity contribution < 1.29 is 9.84 Å². The van der Waals surface area contributed by atoms with Gasteiger partial charge in [-0.3, -0.25) is 0 Å². The number of hydrogen-bond acceptors (Lipinski definition) is 3. The molecule has 0 radical (unpaired) electrons. The highest BCUT2D eigenvalue weighted by atomic mass is 16.5. The Morgan fingerprint density at radius 1 is 0.862 bits per heavy atom. The van der Waals surface area contributed by atoms with Gasteiger partial charge in [-0.25, -0.2) is 0 Å². The largest absolute Gasteiger partial charge is 0.392 e. The van der Waals surface area contributed by atoms with Crippen LogP contribution in [-0.4, -0.2) is 16.8 Å². The molecule has 0 fully saturated rings. The van der Waals surface area contributed by atoms with Crippen molar-refractivity contribution in [2.24, 2.45) is 0 Å². The average Bonchev–Trinajstić information content (AvgIpc) is 3.15. The number of benzene rings is 3. The molecule has 0 aliphatic carbocycles. The van der Waals surface area contributed by atoms with E-state index in [1.807, 2.05) is 12.1 Å². The molecule has 0 bridgehead atoms. The Bertz CT molecular complexity index is 1080. The van der Waals surface area contributed by atoms with Crippen LogP contribution in [0.4, 0.5) is 5.69 Å². The number of rotatable bonds is 8. The second-order valence-electron chi connectivity index (χ2n) is 7.30. The number of aliphatic hydroxyl groups excluding tert-OH is 1. The molecule has 4 heteroatoms. The van der Waals surface area contributed by atoms with Crippen LogP contribution in [0.5, 0.6) is 0 Å². The lowest BCUT2D eigenvalue weighted by molar-refractivity contribution is 0.185. The maximum absolute atomic E-state index is 9.21. The van der Waals surface area contributed by atoms with Crippen molar-refractivity contribution in [2.75, 3.05) is 12.4 Å². The molecule has 0 amide bonds. The summed E-state index contributed by atoms with van der Waals surface area (Å²) in [7, 11) is 1.72. The lowest BCUT2D eigenvalue weighted by Crippen LogP contribution is -2.02. The zero-order valence-corrected chi connectivity index (χ0v) is 16.6. The first-order valence-electron chi connectivity index (χ1n) is 9.83. The molecule has 148 valence electrons. The summed E-state index contributed by atoms with van der Waals surface area (Å²) in [6.07, 6.45) is 2.13. The third-order valence-electron chi connectivity index (χ3n) is 5.13. The monoisotopic (exact) mass is 386 g/mol. The van der Waals surface area contributed by atoms with Crippen LogP contribution < -0.4 is 5.32 Å². The molecule has 0 spiro atoms. The van der Waals surface area contributed by atoms with Gasteiger partial charge in [0.05, 0.1) is 18.7 Å². The van der Waals surface area contributed by atoms with Gasteiger partial charge in [-0.15, -0.1) is 0 Å². The summed E-state index contributed by atoms with van der Waals surface area (Å²) in [5.41, 5.74) is 6.88. The molecule has 1 aromatic heterocycles. The van der Waals surface area contributed by atoms with Gasteiger partial charge < -0.3 is 19.7 Å². The molecule has 0 atom stereocenters. The van der Waals surface area contributed by atoms with Crippen molar-refractivity contribution in [2.45, 2.75) is 26.3 Å². The summed E-state index contributed by atoms with van der Waals surface area (Å²) >= 11 is 0. The normalized spacial score (nSPS) is 11.1. The molecule has 0 saturated carbocycles. The number of nitrogens with one attached hydrogen (secondary N) is 1. The number of fused-ring (bicyclic) bond motifs is 1. The number of nitrogens with zero attached hydrogens (tertiary/aromatic N) is 1. The van der Waals surface area contributed by atoms with Gasteiger partial charge in [0, 0.05) is 32.1 Å². The second kappa shape index (κ2) is 8.95. The molecule has 2 N–H and O–H groups in total. The third-order valence-corrected chi connectivity index (χ3v) is 5.13. The number of aliphatic hydroxyl groups is 1. The van der Waals surface area contributed by atoms with Crippen molar-refractivity contribution in [3.63, 3.8) is 0 Å². The van der Waals surface area contributed by atoms with Crippen LogP contribution in [-0.2, 0) is 31.0 Å². The van der Waals surface area contributed by atoms with Crippen molar-refractivity contribution in [3.8, 4) is 0 Å². The zero-order chi connectivity index (χ0) is 20.1. The predicted octanol–water partition coefficient (Wildman–Crippen LogP) is 4.94. The minimum absolute atomic E-state index is 0.0795. The molecule has 4 nitrogen and oxygen atoms in total. The summed E-state index contributed by atoms with van der Waals surface area (Å²) in [5, 5.41) is 14.0. The predicted molar refractivity (Wildman–Crippen MR) is 118 cm³/mol. The SMILES string of the molecule is COCc1cccc(CNc2ccc3ccn(Cc4ccc(CO)cc4)c3c2)c1. The Hall–Kier alpha value is -3.08. The van der Waals surface area contributed by atoms with Crippen molar-refractivity contribution in [1.29, 1.82) is 0 Å². The molecule has 1 heterocycles. The first-order valence-corrected chi connectivity index (χ1v) is 9.83. The van der Waals surface area contributed by atoms with Crippen LogP contribution in [0.2, 0.25) is 0 Å². The number of aromatic nitrogens is 1. The van der Waals surface area contributed by atoms with E-state index < -0.39 is 0 Å². The zero-order valence-electron chi connectivity index (χ0n) is 16.6. The molecule has 0 aliphatic heterocycles. The lowest BCUT2D eigenvalue weighted by Gasteiger charge is -2.10. The van der Waals surface area contributed by atoms with Crippen LogP contribution in [0, 0.1) is 0 Å². The highest BCUT2D eigenvalue weighted by molar-refractivity contribution is 5.83. The van der Waals surface area contributed by atoms with Crippen molar-refractivity contribution in [1.82, 2.24) is 4.57 Å². The van der Waals surface area contributed by atoms with Gasteiger partial charge in [0.2, 0.25) is 0 Å². The van der Waals surface area contributed by atoms with Crippen molar-refractivity contribution in [3.05, 3.63) is 101 Å². The fraction of sp³-hybridized carbons (Fsp3) is 0.200. The number of anilines is 1. The highest BCUT2D eigenvalue weighted by Gasteiger charge is 2.04. The summed E-state index contributed by atoms with van der Waals surface area (Å²) in [4.78, 5) is 0. The molecule has 0 aliphatic rings. The van der Waals surface area contributed by atoms with Crippen LogP contribution in [0.1, 0.15) is 22.3 Å². The molecule has 4 rings (SSSR count). The van der Waals surface area contributed by atoms with Gasteiger partial charge in [0.15, 0.2) is 0 Å². The number of hydrogen-bond donors (Lipinski definition) is 2. The van der Waals surface area contributed by atoms with Crippen LogP contribution in [0.25, 0.3) is 10.9 Å². The topological polar surface area (TPSA) is 46.4 Å². The first-order chi connectivity index (χ1) is 14.2. The first kappa shape index (κ1) is 19.2. The maximum Gasteiger partial charge on any atom is 0.0713 e. The quantitative estimate of drug-likeness (QED) is 0.451. The Morgan fingerprint density at radius 3 is 2.45 bits per heavy atom. The van der Waals surface area contributed by atoms with Gasteiger partial charge >= 0.3 is 0 Å². The fourth-order valence-electron chi connectivity index (χ4n) is 3.58. The van der Waals surface area contributed by atoms with Gasteiger partial charge in [-0.2, -0.15) is 0 Å². The van der Waals surface area contributed by atoms with E-state index in [2.05, 4.69) is 76.7 Å². The van der Waals surface area contributed by atoms with E-state index in [4.69, 9.17) is 4.74 Å². The van der Waals surface area contributed by atoms with Gasteiger partial charge in [0.1, 0.15) is 0 Å². The molecule has 0 unspecified atom stereocenters. The summed E-state index contributed by atoms with van der Waals surface area (Å²) in [6, 6.07) is 25.2. The van der Waals surface area contributed by atoms with E-state index in [-0.39, 0.29) is 6.61 Å². The van der Waals surface area contributed by atoms with Crippen molar-refractivity contribution >= 4 is 16.6 Å². The average molecular weight is 386 g/mol. The number of methoxy groups -OCH3 is 1. The Balaban J connectivity index is 1.49.